The van der Waals surface area contributed by atoms with Gasteiger partial charge in [0.25, 0.3) is 0 Å². The zero-order chi connectivity index (χ0) is 13.8. The molecule has 1 aromatic heterocycles. The van der Waals surface area contributed by atoms with E-state index in [1.807, 2.05) is 0 Å². The predicted octanol–water partition coefficient (Wildman–Crippen LogP) is 2.30. The van der Waals surface area contributed by atoms with Gasteiger partial charge in [-0.3, -0.25) is 0 Å². The highest BCUT2D eigenvalue weighted by Gasteiger charge is 2.17. The van der Waals surface area contributed by atoms with E-state index < -0.39 is 0 Å². The number of nitrogens with one attached hydrogen (secondary N) is 2. The average Bonchev–Trinajstić information content (AvgIpc) is 2.79. The van der Waals surface area contributed by atoms with E-state index in [9.17, 15) is 0 Å². The molecule has 20 heavy (non-hydrogen) atoms. The summed E-state index contributed by atoms with van der Waals surface area (Å²) < 4.78 is 5.03. The summed E-state index contributed by atoms with van der Waals surface area (Å²) in [5, 5.41) is 3.33. The lowest BCUT2D eigenvalue weighted by molar-refractivity contribution is 0.199. The van der Waals surface area contributed by atoms with Gasteiger partial charge in [-0.1, -0.05) is 24.3 Å². The van der Waals surface area contributed by atoms with Gasteiger partial charge in [0.2, 0.25) is 0 Å². The van der Waals surface area contributed by atoms with Crippen molar-refractivity contribution in [1.29, 1.82) is 0 Å². The van der Waals surface area contributed by atoms with Crippen molar-refractivity contribution >= 4 is 0 Å². The third-order valence-corrected chi connectivity index (χ3v) is 3.75. The minimum Gasteiger partial charge on any atom is -0.383 e. The number of aromatic amines is 1. The van der Waals surface area contributed by atoms with E-state index in [0.29, 0.717) is 0 Å². The molecule has 0 bridgehead atoms. The van der Waals surface area contributed by atoms with Crippen LogP contribution in [0.15, 0.2) is 24.3 Å². The summed E-state index contributed by atoms with van der Waals surface area (Å²) in [4.78, 5) is 8.27. The zero-order valence-corrected chi connectivity index (χ0v) is 11.9. The maximum atomic E-state index is 5.03. The van der Waals surface area contributed by atoms with Gasteiger partial charge in [-0.05, 0) is 24.8 Å². The Morgan fingerprint density at radius 2 is 2.20 bits per heavy atom. The minimum atomic E-state index is 0.725. The Kier molecular flexibility index (Phi) is 4.14. The van der Waals surface area contributed by atoms with Crippen LogP contribution in [0.1, 0.15) is 23.5 Å². The molecule has 1 aliphatic carbocycles. The van der Waals surface area contributed by atoms with Crippen LogP contribution in [0.5, 0.6) is 0 Å². The first kappa shape index (κ1) is 13.3. The molecule has 0 radical (unpaired) electrons. The van der Waals surface area contributed by atoms with E-state index in [1.54, 1.807) is 7.11 Å². The number of H-pyrrole nitrogens is 1. The molecule has 0 saturated heterocycles. The van der Waals surface area contributed by atoms with Crippen LogP contribution in [0.2, 0.25) is 0 Å². The van der Waals surface area contributed by atoms with E-state index in [-0.39, 0.29) is 0 Å². The van der Waals surface area contributed by atoms with Crippen LogP contribution >= 0.6 is 0 Å². The Hall–Kier alpha value is -1.65. The van der Waals surface area contributed by atoms with Crippen LogP contribution in [0, 0.1) is 0 Å². The third-order valence-electron chi connectivity index (χ3n) is 3.75. The fraction of sp³-hybridized carbons (Fsp3) is 0.438. The molecule has 1 heterocycles. The topological polar surface area (TPSA) is 49.9 Å². The maximum Gasteiger partial charge on any atom is 0.121 e. The molecule has 0 fully saturated rings. The van der Waals surface area contributed by atoms with Crippen LogP contribution < -0.4 is 5.32 Å². The van der Waals surface area contributed by atoms with E-state index in [4.69, 9.17) is 9.72 Å². The molecule has 0 amide bonds. The quantitative estimate of drug-likeness (QED) is 0.820. The maximum absolute atomic E-state index is 5.03. The van der Waals surface area contributed by atoms with Gasteiger partial charge in [-0.25, -0.2) is 4.98 Å². The van der Waals surface area contributed by atoms with Crippen molar-refractivity contribution < 1.29 is 4.74 Å². The number of imidazole rings is 1. The standard InChI is InChI=1S/C16H21N3O/c1-20-10-9-17-11-15-18-14-8-4-6-12-5-2-3-7-13(12)16(14)19-15/h2-3,5,7,17H,4,6,8-11H2,1H3,(H,18,19). The molecule has 1 aromatic carbocycles. The normalized spacial score (nSPS) is 13.7. The average molecular weight is 271 g/mol. The fourth-order valence-corrected chi connectivity index (χ4v) is 2.76. The molecule has 0 spiro atoms. The van der Waals surface area contributed by atoms with E-state index in [2.05, 4.69) is 34.6 Å². The van der Waals surface area contributed by atoms with Crippen molar-refractivity contribution in [2.75, 3.05) is 20.3 Å². The van der Waals surface area contributed by atoms with Gasteiger partial charge < -0.3 is 15.0 Å². The van der Waals surface area contributed by atoms with Crippen molar-refractivity contribution in [2.24, 2.45) is 0 Å². The van der Waals surface area contributed by atoms with Crippen molar-refractivity contribution in [1.82, 2.24) is 15.3 Å². The molecule has 0 saturated carbocycles. The first-order valence-corrected chi connectivity index (χ1v) is 7.24. The first-order chi connectivity index (χ1) is 9.88. The van der Waals surface area contributed by atoms with Gasteiger partial charge >= 0.3 is 0 Å². The van der Waals surface area contributed by atoms with E-state index >= 15 is 0 Å². The molecule has 3 rings (SSSR count). The monoisotopic (exact) mass is 271 g/mol. The fourth-order valence-electron chi connectivity index (χ4n) is 2.76. The van der Waals surface area contributed by atoms with Crippen molar-refractivity contribution in [3.8, 4) is 11.3 Å². The summed E-state index contributed by atoms with van der Waals surface area (Å²) in [6.07, 6.45) is 3.40. The van der Waals surface area contributed by atoms with Crippen LogP contribution in [-0.4, -0.2) is 30.2 Å². The Morgan fingerprint density at radius 1 is 1.30 bits per heavy atom. The molecule has 2 N–H and O–H groups in total. The second-order valence-electron chi connectivity index (χ2n) is 5.19. The third kappa shape index (κ3) is 2.76. The second kappa shape index (κ2) is 6.20. The molecule has 0 atom stereocenters. The lowest BCUT2D eigenvalue weighted by Gasteiger charge is -2.04. The molecule has 4 nitrogen and oxygen atoms in total. The van der Waals surface area contributed by atoms with Crippen LogP contribution in [0.3, 0.4) is 0 Å². The number of hydrogen-bond donors (Lipinski definition) is 2. The molecule has 0 unspecified atom stereocenters. The molecule has 2 aromatic rings. The lowest BCUT2D eigenvalue weighted by Crippen LogP contribution is -2.19. The van der Waals surface area contributed by atoms with Crippen molar-refractivity contribution in [3.63, 3.8) is 0 Å². The highest BCUT2D eigenvalue weighted by molar-refractivity contribution is 5.67. The number of methoxy groups -OCH3 is 1. The summed E-state index contributed by atoms with van der Waals surface area (Å²) in [5.41, 5.74) is 5.12. The number of aryl methyl sites for hydroxylation is 2. The summed E-state index contributed by atoms with van der Waals surface area (Å²) in [6.45, 7) is 2.33. The minimum absolute atomic E-state index is 0.725. The van der Waals surface area contributed by atoms with Gasteiger partial charge in [0.05, 0.1) is 18.8 Å². The SMILES string of the molecule is COCCNCc1nc2c([nH]1)CCCc1ccccc1-2. The van der Waals surface area contributed by atoms with Gasteiger partial charge in [-0.15, -0.1) is 0 Å². The number of benzene rings is 1. The number of hydrogen-bond acceptors (Lipinski definition) is 3. The van der Waals surface area contributed by atoms with E-state index in [0.717, 1.165) is 44.1 Å². The largest absolute Gasteiger partial charge is 0.383 e. The van der Waals surface area contributed by atoms with Gasteiger partial charge in [0.15, 0.2) is 0 Å². The number of rotatable bonds is 5. The summed E-state index contributed by atoms with van der Waals surface area (Å²) in [7, 11) is 1.72. The molecule has 1 aliphatic rings. The van der Waals surface area contributed by atoms with Crippen molar-refractivity contribution in [2.45, 2.75) is 25.8 Å². The molecular weight excluding hydrogens is 250 g/mol. The highest BCUT2D eigenvalue weighted by Crippen LogP contribution is 2.30. The van der Waals surface area contributed by atoms with Crippen LogP contribution in [0.4, 0.5) is 0 Å². The lowest BCUT2D eigenvalue weighted by atomic mass is 10.0. The smallest absolute Gasteiger partial charge is 0.121 e. The Bertz CT molecular complexity index is 577. The number of nitrogens with zero attached hydrogens (tertiary/aromatic N) is 1. The van der Waals surface area contributed by atoms with Gasteiger partial charge in [0, 0.05) is 24.9 Å². The zero-order valence-electron chi connectivity index (χ0n) is 11.9. The summed E-state index contributed by atoms with van der Waals surface area (Å²) in [6, 6.07) is 8.61. The second-order valence-corrected chi connectivity index (χ2v) is 5.19. The Balaban J connectivity index is 1.81. The van der Waals surface area contributed by atoms with Gasteiger partial charge in [-0.2, -0.15) is 0 Å². The number of fused-ring (bicyclic) bond motifs is 3. The molecule has 4 heteroatoms. The van der Waals surface area contributed by atoms with E-state index in [1.165, 1.54) is 23.2 Å². The predicted molar refractivity (Wildman–Crippen MR) is 79.6 cm³/mol. The summed E-state index contributed by atoms with van der Waals surface area (Å²) >= 11 is 0. The van der Waals surface area contributed by atoms with Crippen LogP contribution in [-0.2, 0) is 24.1 Å². The Labute approximate surface area is 119 Å². The summed E-state index contributed by atoms with van der Waals surface area (Å²) in [5.74, 6) is 1.02. The highest BCUT2D eigenvalue weighted by atomic mass is 16.5. The van der Waals surface area contributed by atoms with Crippen LogP contribution in [0.25, 0.3) is 11.3 Å². The first-order valence-electron chi connectivity index (χ1n) is 7.24. The molecule has 106 valence electrons. The number of ether oxygens (including phenoxy) is 1. The molecular formula is C16H21N3O. The van der Waals surface area contributed by atoms with Gasteiger partial charge in [0.1, 0.15) is 5.82 Å². The Morgan fingerprint density at radius 3 is 3.10 bits per heavy atom. The van der Waals surface area contributed by atoms with Crippen molar-refractivity contribution in [3.05, 3.63) is 41.3 Å². The number of aromatic nitrogens is 2. The molecule has 0 aliphatic heterocycles.